The molecule has 2 heterocycles. The van der Waals surface area contributed by atoms with Crippen LogP contribution in [0.3, 0.4) is 0 Å². The summed E-state index contributed by atoms with van der Waals surface area (Å²) in [5.74, 6) is 0.806. The number of anilines is 2. The summed E-state index contributed by atoms with van der Waals surface area (Å²) in [5.41, 5.74) is 10.5. The van der Waals surface area contributed by atoms with Gasteiger partial charge in [0.05, 0.1) is 5.69 Å². The van der Waals surface area contributed by atoms with Gasteiger partial charge in [0.2, 0.25) is 0 Å². The van der Waals surface area contributed by atoms with Crippen LogP contribution in [0.5, 0.6) is 0 Å². The Balaban J connectivity index is 1.46. The maximum atomic E-state index is 5.02. The van der Waals surface area contributed by atoms with E-state index in [1.807, 2.05) is 6.21 Å². The lowest BCUT2D eigenvalue weighted by atomic mass is 9.76. The van der Waals surface area contributed by atoms with Gasteiger partial charge in [-0.25, -0.2) is 0 Å². The highest BCUT2D eigenvalue weighted by atomic mass is 15.1. The molecule has 6 rings (SSSR count). The molecule has 0 N–H and O–H groups in total. The van der Waals surface area contributed by atoms with Crippen molar-refractivity contribution >= 4 is 23.3 Å². The van der Waals surface area contributed by atoms with Crippen LogP contribution in [0.1, 0.15) is 52.5 Å². The second kappa shape index (κ2) is 9.66. The van der Waals surface area contributed by atoms with Crippen LogP contribution in [0, 0.1) is 0 Å². The van der Waals surface area contributed by atoms with Gasteiger partial charge in [0.1, 0.15) is 0 Å². The molecular weight excluding hydrogens is 438 g/mol. The van der Waals surface area contributed by atoms with E-state index >= 15 is 0 Å². The Labute approximate surface area is 214 Å². The summed E-state index contributed by atoms with van der Waals surface area (Å²) in [7, 11) is 4.13. The molecule has 2 aliphatic rings. The van der Waals surface area contributed by atoms with Crippen molar-refractivity contribution in [3.8, 4) is 0 Å². The quantitative estimate of drug-likeness (QED) is 0.283. The number of nitrogens with zero attached hydrogens (tertiary/aromatic N) is 3. The van der Waals surface area contributed by atoms with Crippen LogP contribution < -0.4 is 9.80 Å². The molecule has 0 radical (unpaired) electrons. The van der Waals surface area contributed by atoms with E-state index in [1.165, 1.54) is 33.6 Å². The number of rotatable bonds is 5. The van der Waals surface area contributed by atoms with Gasteiger partial charge in [0.25, 0.3) is 0 Å². The molecule has 0 spiro atoms. The molecule has 0 saturated carbocycles. The van der Waals surface area contributed by atoms with Gasteiger partial charge in [0.15, 0.2) is 0 Å². The molecule has 3 heteroatoms. The number of benzene rings is 4. The first kappa shape index (κ1) is 22.6. The molecule has 0 amide bonds. The Morgan fingerprint density at radius 3 is 1.75 bits per heavy atom. The topological polar surface area (TPSA) is 18.8 Å². The minimum Gasteiger partial charge on any atom is -0.378 e. The number of hydrogen-bond donors (Lipinski definition) is 0. The zero-order chi connectivity index (χ0) is 24.5. The second-order valence-electron chi connectivity index (χ2n) is 10.2. The first-order chi connectivity index (χ1) is 17.7. The molecule has 4 aromatic carbocycles. The predicted octanol–water partition coefficient (Wildman–Crippen LogP) is 7.38. The standard InChI is InChI=1S/C33H33N3/c1-35(2)28-15-13-24(14-16-28)23-34-27-21-31-29(25-9-5-3-6-10-25)17-19-36-20-18-30(32(22-27)33(31)36)26-11-7-4-8-12-26/h3-16,21-23,29-30H,17-20H2,1-2H3/t29-,30-/m1/s1. The van der Waals surface area contributed by atoms with Crippen molar-refractivity contribution in [2.24, 2.45) is 4.99 Å². The molecule has 0 bridgehead atoms. The van der Waals surface area contributed by atoms with E-state index in [2.05, 4.69) is 121 Å². The summed E-state index contributed by atoms with van der Waals surface area (Å²) < 4.78 is 0. The van der Waals surface area contributed by atoms with E-state index < -0.39 is 0 Å². The van der Waals surface area contributed by atoms with Gasteiger partial charge in [-0.1, -0.05) is 72.8 Å². The zero-order valence-electron chi connectivity index (χ0n) is 21.1. The van der Waals surface area contributed by atoms with E-state index in [-0.39, 0.29) is 0 Å². The maximum Gasteiger partial charge on any atom is 0.0637 e. The summed E-state index contributed by atoms with van der Waals surface area (Å²) >= 11 is 0. The van der Waals surface area contributed by atoms with Crippen LogP contribution in [-0.2, 0) is 0 Å². The SMILES string of the molecule is CN(C)c1ccc(C=Nc2cc3c4c(c2)[C@@H](c2ccccc2)CCN4CC[C@@H]3c2ccccc2)cc1. The minimum atomic E-state index is 0.403. The molecule has 2 atom stereocenters. The highest BCUT2D eigenvalue weighted by Gasteiger charge is 2.34. The van der Waals surface area contributed by atoms with Gasteiger partial charge in [0, 0.05) is 56.6 Å². The predicted molar refractivity (Wildman–Crippen MR) is 152 cm³/mol. The van der Waals surface area contributed by atoms with Gasteiger partial charge < -0.3 is 9.80 Å². The molecule has 0 aliphatic carbocycles. The summed E-state index contributed by atoms with van der Waals surface area (Å²) in [6, 6.07) is 35.3. The van der Waals surface area contributed by atoms with Gasteiger partial charge in [-0.2, -0.15) is 0 Å². The van der Waals surface area contributed by atoms with Gasteiger partial charge in [-0.05, 0) is 64.9 Å². The van der Waals surface area contributed by atoms with Crippen molar-refractivity contribution in [2.45, 2.75) is 24.7 Å². The minimum absolute atomic E-state index is 0.403. The largest absolute Gasteiger partial charge is 0.378 e. The van der Waals surface area contributed by atoms with Gasteiger partial charge in [-0.15, -0.1) is 0 Å². The Bertz CT molecular complexity index is 1280. The summed E-state index contributed by atoms with van der Waals surface area (Å²) in [4.78, 5) is 9.76. The Morgan fingerprint density at radius 2 is 1.25 bits per heavy atom. The summed E-state index contributed by atoms with van der Waals surface area (Å²) in [6.45, 7) is 2.23. The van der Waals surface area contributed by atoms with E-state index in [4.69, 9.17) is 4.99 Å². The van der Waals surface area contributed by atoms with Gasteiger partial charge in [-0.3, -0.25) is 4.99 Å². The van der Waals surface area contributed by atoms with Crippen LogP contribution in [0.25, 0.3) is 0 Å². The molecule has 36 heavy (non-hydrogen) atoms. The third-order valence-corrected chi connectivity index (χ3v) is 7.77. The lowest BCUT2D eigenvalue weighted by molar-refractivity contribution is 0.571. The molecule has 0 fully saturated rings. The fourth-order valence-electron chi connectivity index (χ4n) is 5.92. The Hall–Kier alpha value is -3.85. The van der Waals surface area contributed by atoms with Crippen LogP contribution >= 0.6 is 0 Å². The third-order valence-electron chi connectivity index (χ3n) is 7.77. The Kier molecular flexibility index (Phi) is 6.06. The average molecular weight is 472 g/mol. The third kappa shape index (κ3) is 4.30. The Morgan fingerprint density at radius 1 is 0.722 bits per heavy atom. The van der Waals surface area contributed by atoms with Crippen LogP contribution in [0.15, 0.2) is 102 Å². The fraction of sp³-hybridized carbons (Fsp3) is 0.242. The molecule has 180 valence electrons. The highest BCUT2D eigenvalue weighted by Crippen LogP contribution is 2.49. The number of aliphatic imine (C=N–C) groups is 1. The first-order valence-electron chi connectivity index (χ1n) is 13.0. The van der Waals surface area contributed by atoms with Crippen molar-refractivity contribution in [3.05, 3.63) is 125 Å². The normalized spacial score (nSPS) is 18.8. The van der Waals surface area contributed by atoms with Crippen molar-refractivity contribution < 1.29 is 0 Å². The lowest BCUT2D eigenvalue weighted by Gasteiger charge is -2.43. The summed E-state index contributed by atoms with van der Waals surface area (Å²) in [6.07, 6.45) is 4.30. The van der Waals surface area contributed by atoms with Crippen LogP contribution in [0.4, 0.5) is 17.1 Å². The van der Waals surface area contributed by atoms with Crippen molar-refractivity contribution in [1.29, 1.82) is 0 Å². The van der Waals surface area contributed by atoms with E-state index in [1.54, 1.807) is 0 Å². The number of hydrogen-bond acceptors (Lipinski definition) is 3. The zero-order valence-corrected chi connectivity index (χ0v) is 21.1. The molecule has 2 aliphatic heterocycles. The van der Waals surface area contributed by atoms with Crippen LogP contribution in [-0.4, -0.2) is 33.4 Å². The highest BCUT2D eigenvalue weighted by molar-refractivity contribution is 5.83. The fourth-order valence-corrected chi connectivity index (χ4v) is 5.92. The lowest BCUT2D eigenvalue weighted by Crippen LogP contribution is -2.37. The molecule has 4 aromatic rings. The smallest absolute Gasteiger partial charge is 0.0637 e. The average Bonchev–Trinajstić information content (AvgIpc) is 2.93. The monoisotopic (exact) mass is 471 g/mol. The second-order valence-corrected chi connectivity index (χ2v) is 10.2. The molecule has 0 aromatic heterocycles. The molecule has 0 unspecified atom stereocenters. The van der Waals surface area contributed by atoms with E-state index in [0.29, 0.717) is 11.8 Å². The molecule has 3 nitrogen and oxygen atoms in total. The maximum absolute atomic E-state index is 5.02. The van der Waals surface area contributed by atoms with E-state index in [0.717, 1.165) is 37.2 Å². The van der Waals surface area contributed by atoms with E-state index in [9.17, 15) is 0 Å². The summed E-state index contributed by atoms with van der Waals surface area (Å²) in [5, 5.41) is 0. The van der Waals surface area contributed by atoms with Crippen LogP contribution in [0.2, 0.25) is 0 Å². The first-order valence-corrected chi connectivity index (χ1v) is 13.0. The van der Waals surface area contributed by atoms with Gasteiger partial charge >= 0.3 is 0 Å². The molecular formula is C33H33N3. The van der Waals surface area contributed by atoms with Crippen molar-refractivity contribution in [1.82, 2.24) is 0 Å². The molecule has 0 saturated heterocycles. The van der Waals surface area contributed by atoms with Crippen molar-refractivity contribution in [2.75, 3.05) is 37.0 Å². The van der Waals surface area contributed by atoms with Crippen molar-refractivity contribution in [3.63, 3.8) is 0 Å².